The highest BCUT2D eigenvalue weighted by Gasteiger charge is 2.65. The molecule has 2 aromatic heterocycles. The Morgan fingerprint density at radius 1 is 1.08 bits per heavy atom. The summed E-state index contributed by atoms with van der Waals surface area (Å²) in [7, 11) is -2.65. The number of hydrogen-bond donors (Lipinski definition) is 4. The molecule has 62 heavy (non-hydrogen) atoms. The van der Waals surface area contributed by atoms with E-state index in [-0.39, 0.29) is 37.7 Å². The molecule has 6 atom stereocenters. The fraction of sp³-hybridized carbons (Fsp3) is 0.489. The minimum Gasteiger partial charge on any atom is -0.497 e. The van der Waals surface area contributed by atoms with E-state index in [0.29, 0.717) is 39.4 Å². The largest absolute Gasteiger partial charge is 0.497 e. The topological polar surface area (TPSA) is 181 Å². The van der Waals surface area contributed by atoms with Gasteiger partial charge in [-0.05, 0) is 81.2 Å². The predicted molar refractivity (Wildman–Crippen MR) is 237 cm³/mol. The summed E-state index contributed by atoms with van der Waals surface area (Å²) in [6.45, 7) is 13.3. The number of rotatable bonds is 15. The monoisotopic (exact) mass is 890 g/mol. The number of halogens is 1. The maximum Gasteiger partial charge on any atom is 0.408 e. The first-order valence-corrected chi connectivity index (χ1v) is 23.8. The van der Waals surface area contributed by atoms with E-state index >= 15 is 0 Å². The Morgan fingerprint density at radius 3 is 2.45 bits per heavy atom. The van der Waals surface area contributed by atoms with Gasteiger partial charge in [-0.3, -0.25) is 14.2 Å². The van der Waals surface area contributed by atoms with Gasteiger partial charge in [0.25, 0.3) is 0 Å². The second-order valence-electron chi connectivity index (χ2n) is 17.9. The van der Waals surface area contributed by atoms with Gasteiger partial charge in [-0.2, -0.15) is 0 Å². The summed E-state index contributed by atoms with van der Waals surface area (Å²) < 4.78 is 46.0. The number of hydrogen-bond acceptors (Lipinski definition) is 11. The zero-order valence-corrected chi connectivity index (χ0v) is 37.7. The van der Waals surface area contributed by atoms with Crippen molar-refractivity contribution in [3.05, 3.63) is 77.9 Å². The SMILES string of the molecule is C=C[C@@H]1C[C@]1(NC(=O)[C@@H]1C[C@@H](Oc2cc(-c3csc(NC(C)C)n3)nc3cc(OC)ccc23)CN1C(=O)[C@@H](NC(=O)OC1CCCC1)C(C)(C)C)P(=O)(O)Cc1ccc(F)cc1. The molecule has 1 unspecified atom stereocenters. The molecule has 1 saturated heterocycles. The van der Waals surface area contributed by atoms with Crippen LogP contribution in [0.5, 0.6) is 11.5 Å². The highest BCUT2D eigenvalue weighted by atomic mass is 32.1. The van der Waals surface area contributed by atoms with Crippen molar-refractivity contribution in [1.29, 1.82) is 0 Å². The molecule has 3 fully saturated rings. The van der Waals surface area contributed by atoms with Gasteiger partial charge in [0, 0.05) is 41.3 Å². The number of nitrogens with one attached hydrogen (secondary N) is 3. The van der Waals surface area contributed by atoms with E-state index in [0.717, 1.165) is 30.8 Å². The van der Waals surface area contributed by atoms with Crippen LogP contribution in [0.2, 0.25) is 0 Å². The van der Waals surface area contributed by atoms with Crippen molar-refractivity contribution in [1.82, 2.24) is 25.5 Å². The standard InChI is InChI=1S/C45H56FN6O8PS/c1-8-28-22-45(28,61(56,57)24-27-13-15-29(46)16-14-27)51-40(53)37-20-32(23-52(37)41(54)39(44(4,5)6)50-43(55)60-30-11-9-10-12-30)59-38-21-35(36-25-62-42(49-36)47-26(2)3)48-34-19-31(58-7)17-18-33(34)38/h8,13-19,21,25-26,28,30,32,37,39H,1,9-12,20,22-24H2,2-7H3,(H,47,49)(H,50,55)(H,51,53)(H,56,57)/t28-,32-,37+,39-,45+/m1/s1. The summed E-state index contributed by atoms with van der Waals surface area (Å²) in [6, 6.07) is 10.4. The van der Waals surface area contributed by atoms with Crippen molar-refractivity contribution in [3.63, 3.8) is 0 Å². The fourth-order valence-corrected chi connectivity index (χ4v) is 11.6. The Morgan fingerprint density at radius 2 is 1.81 bits per heavy atom. The number of thiazole rings is 1. The molecule has 0 bridgehead atoms. The lowest BCUT2D eigenvalue weighted by molar-refractivity contribution is -0.142. The van der Waals surface area contributed by atoms with Crippen LogP contribution in [0.25, 0.3) is 22.3 Å². The van der Waals surface area contributed by atoms with Crippen molar-refractivity contribution in [2.75, 3.05) is 19.0 Å². The number of benzene rings is 2. The molecule has 4 aromatic rings. The van der Waals surface area contributed by atoms with E-state index in [9.17, 15) is 28.2 Å². The molecule has 14 nitrogen and oxygen atoms in total. The normalized spacial score (nSPS) is 22.8. The summed E-state index contributed by atoms with van der Waals surface area (Å²) >= 11 is 1.45. The number of nitrogens with zero attached hydrogens (tertiary/aromatic N) is 3. The Kier molecular flexibility index (Phi) is 13.0. The highest BCUT2D eigenvalue weighted by Crippen LogP contribution is 2.70. The zero-order valence-electron chi connectivity index (χ0n) is 36.0. The third-order valence-corrected chi connectivity index (χ3v) is 15.2. The van der Waals surface area contributed by atoms with Gasteiger partial charge in [-0.25, -0.2) is 19.2 Å². The van der Waals surface area contributed by atoms with Crippen LogP contribution in [-0.4, -0.2) is 86.9 Å². The summed E-state index contributed by atoms with van der Waals surface area (Å²) in [5.41, 5.74) is 1.35. The molecule has 1 aliphatic heterocycles. The molecule has 4 N–H and O–H groups in total. The van der Waals surface area contributed by atoms with Crippen LogP contribution in [-0.2, 0) is 25.1 Å². The van der Waals surface area contributed by atoms with Crippen LogP contribution in [0, 0.1) is 17.2 Å². The van der Waals surface area contributed by atoms with E-state index in [1.54, 1.807) is 25.3 Å². The number of ether oxygens (including phenoxy) is 3. The second-order valence-corrected chi connectivity index (χ2v) is 21.3. The summed E-state index contributed by atoms with van der Waals surface area (Å²) in [5.74, 6) is -1.18. The smallest absolute Gasteiger partial charge is 0.408 e. The number of methoxy groups -OCH3 is 1. The highest BCUT2D eigenvalue weighted by molar-refractivity contribution is 7.59. The van der Waals surface area contributed by atoms with Crippen molar-refractivity contribution in [3.8, 4) is 22.9 Å². The molecular formula is C45H56FN6O8PS. The summed E-state index contributed by atoms with van der Waals surface area (Å²) in [5, 5.41) is 10.8. The van der Waals surface area contributed by atoms with Gasteiger partial charge in [0.15, 0.2) is 5.13 Å². The molecular weight excluding hydrogens is 835 g/mol. The number of aromatic nitrogens is 2. The molecule has 3 aliphatic rings. The Labute approximate surface area is 365 Å². The fourth-order valence-electron chi connectivity index (χ4n) is 8.38. The minimum absolute atomic E-state index is 0.0119. The van der Waals surface area contributed by atoms with Gasteiger partial charge < -0.3 is 40.0 Å². The van der Waals surface area contributed by atoms with Crippen molar-refractivity contribution in [2.45, 2.75) is 115 Å². The lowest BCUT2D eigenvalue weighted by Gasteiger charge is -2.36. The lowest BCUT2D eigenvalue weighted by atomic mass is 9.85. The van der Waals surface area contributed by atoms with Crippen molar-refractivity contribution < 1.29 is 42.4 Å². The van der Waals surface area contributed by atoms with Crippen LogP contribution in [0.15, 0.2) is 66.6 Å². The van der Waals surface area contributed by atoms with Gasteiger partial charge in [0.2, 0.25) is 19.2 Å². The molecule has 2 aliphatic carbocycles. The van der Waals surface area contributed by atoms with Gasteiger partial charge >= 0.3 is 6.09 Å². The molecule has 17 heteroatoms. The maximum atomic E-state index is 14.9. The number of likely N-dealkylation sites (tertiary alicyclic amines) is 1. The molecule has 3 amide bonds. The summed E-state index contributed by atoms with van der Waals surface area (Å²) in [4.78, 5) is 65.6. The first-order valence-electron chi connectivity index (χ1n) is 21.1. The van der Waals surface area contributed by atoms with Gasteiger partial charge in [0.05, 0.1) is 31.0 Å². The minimum atomic E-state index is -4.22. The first kappa shape index (κ1) is 45.0. The number of pyridine rings is 1. The Balaban J connectivity index is 1.22. The molecule has 7 rings (SSSR count). The molecule has 3 heterocycles. The average Bonchev–Trinajstić information content (AvgIpc) is 3.61. The third-order valence-electron chi connectivity index (χ3n) is 11.8. The first-order chi connectivity index (χ1) is 29.4. The van der Waals surface area contributed by atoms with Gasteiger partial charge in [0.1, 0.15) is 52.6 Å². The number of anilines is 1. The average molecular weight is 891 g/mol. The number of carbonyl (C=O) groups is 3. The molecule has 2 saturated carbocycles. The van der Waals surface area contributed by atoms with Crippen molar-refractivity contribution in [2.24, 2.45) is 11.3 Å². The zero-order chi connectivity index (χ0) is 44.6. The van der Waals surface area contributed by atoms with Crippen LogP contribution in [0.4, 0.5) is 14.3 Å². The van der Waals surface area contributed by atoms with Crippen LogP contribution in [0.1, 0.15) is 78.7 Å². The van der Waals surface area contributed by atoms with E-state index in [1.165, 1.54) is 46.6 Å². The lowest BCUT2D eigenvalue weighted by Crippen LogP contribution is -2.58. The van der Waals surface area contributed by atoms with Crippen molar-refractivity contribution >= 4 is 52.6 Å². The number of alkyl carbamates (subject to hydrolysis) is 1. The number of carbonyl (C=O) groups excluding carboxylic acids is 3. The second kappa shape index (κ2) is 18.0. The molecule has 2 aromatic carbocycles. The number of fused-ring (bicyclic) bond motifs is 1. The summed E-state index contributed by atoms with van der Waals surface area (Å²) in [6.07, 6.45) is 3.07. The maximum absolute atomic E-state index is 14.9. The van der Waals surface area contributed by atoms with Gasteiger partial charge in [-0.15, -0.1) is 17.9 Å². The van der Waals surface area contributed by atoms with E-state index in [2.05, 4.69) is 22.5 Å². The van der Waals surface area contributed by atoms with Crippen LogP contribution >= 0.6 is 18.7 Å². The van der Waals surface area contributed by atoms with Crippen LogP contribution in [0.3, 0.4) is 0 Å². The quantitative estimate of drug-likeness (QED) is 0.0667. The van der Waals surface area contributed by atoms with Gasteiger partial charge in [-0.1, -0.05) is 39.0 Å². The Hall–Kier alpha value is -5.05. The predicted octanol–water partition coefficient (Wildman–Crippen LogP) is 8.25. The Bertz CT molecular complexity index is 2370. The molecule has 0 spiro atoms. The third kappa shape index (κ3) is 9.77. The molecule has 0 radical (unpaired) electrons. The van der Waals surface area contributed by atoms with Crippen LogP contribution < -0.4 is 25.4 Å². The number of amides is 3. The molecule has 332 valence electrons. The van der Waals surface area contributed by atoms with E-state index in [1.807, 2.05) is 46.1 Å². The van der Waals surface area contributed by atoms with E-state index in [4.69, 9.17) is 24.2 Å². The van der Waals surface area contributed by atoms with E-state index < -0.39 is 65.9 Å².